The van der Waals surface area contributed by atoms with E-state index in [0.29, 0.717) is 12.8 Å². The Morgan fingerprint density at radius 2 is 2.11 bits per heavy atom. The largest absolute Gasteiger partial charge is 0.423 e. The monoisotopic (exact) mass is 259 g/mol. The maximum atomic E-state index is 12.4. The van der Waals surface area contributed by atoms with Crippen LogP contribution in [0.3, 0.4) is 0 Å². The summed E-state index contributed by atoms with van der Waals surface area (Å²) in [5.74, 6) is -0.386. The van der Waals surface area contributed by atoms with Crippen molar-refractivity contribution in [3.8, 4) is 0 Å². The average Bonchev–Trinajstić information content (AvgIpc) is 2.42. The molecule has 19 heavy (non-hydrogen) atoms. The number of pyridine rings is 1. The van der Waals surface area contributed by atoms with Crippen molar-refractivity contribution >= 4 is 11.8 Å². The summed E-state index contributed by atoms with van der Waals surface area (Å²) < 4.78 is 5.04. The topological polar surface area (TPSA) is 56.3 Å². The van der Waals surface area contributed by atoms with E-state index in [1.165, 1.54) is 6.92 Å². The minimum atomic E-state index is -0.708. The Balaban J connectivity index is 2.52. The second kappa shape index (κ2) is 4.96. The molecule has 100 valence electrons. The molecule has 4 nitrogen and oxygen atoms in total. The van der Waals surface area contributed by atoms with Crippen molar-refractivity contribution < 1.29 is 14.3 Å². The minimum Gasteiger partial charge on any atom is -0.423 e. The van der Waals surface area contributed by atoms with Gasteiger partial charge < -0.3 is 4.74 Å². The molecule has 1 unspecified atom stereocenters. The highest BCUT2D eigenvalue weighted by molar-refractivity contribution is 6.13. The van der Waals surface area contributed by atoms with E-state index >= 15 is 0 Å². The van der Waals surface area contributed by atoms with Crippen LogP contribution in [0, 0.1) is 0 Å². The molecule has 1 atom stereocenters. The molecule has 0 aromatic carbocycles. The standard InChI is InChI=1S/C15H17NO3/c1-4-11-13(19-10(3)17)14(18)15(11,5-2)12-8-6-7-9-16-12/h6-9H,4-5H2,1-3H3. The lowest BCUT2D eigenvalue weighted by Gasteiger charge is -2.41. The van der Waals surface area contributed by atoms with Gasteiger partial charge in [-0.25, -0.2) is 0 Å². The van der Waals surface area contributed by atoms with Gasteiger partial charge in [0.25, 0.3) is 0 Å². The number of ketones is 1. The van der Waals surface area contributed by atoms with E-state index in [1.54, 1.807) is 6.20 Å². The molecule has 0 radical (unpaired) electrons. The van der Waals surface area contributed by atoms with Gasteiger partial charge in [0.05, 0.1) is 5.69 Å². The van der Waals surface area contributed by atoms with E-state index in [9.17, 15) is 9.59 Å². The van der Waals surface area contributed by atoms with Crippen molar-refractivity contribution in [2.75, 3.05) is 0 Å². The minimum absolute atomic E-state index is 0.138. The maximum absolute atomic E-state index is 12.4. The molecule has 0 amide bonds. The number of ether oxygens (including phenoxy) is 1. The average molecular weight is 259 g/mol. The molecule has 0 spiro atoms. The number of hydrogen-bond acceptors (Lipinski definition) is 4. The van der Waals surface area contributed by atoms with E-state index in [1.807, 2.05) is 32.0 Å². The van der Waals surface area contributed by atoms with E-state index in [-0.39, 0.29) is 11.5 Å². The Morgan fingerprint density at radius 3 is 2.58 bits per heavy atom. The van der Waals surface area contributed by atoms with Crippen molar-refractivity contribution in [3.05, 3.63) is 41.4 Å². The molecule has 4 heteroatoms. The van der Waals surface area contributed by atoms with Crippen LogP contribution in [0.4, 0.5) is 0 Å². The Morgan fingerprint density at radius 1 is 1.37 bits per heavy atom. The molecule has 0 aliphatic heterocycles. The van der Waals surface area contributed by atoms with Crippen LogP contribution in [-0.2, 0) is 19.7 Å². The number of nitrogens with zero attached hydrogens (tertiary/aromatic N) is 1. The summed E-state index contributed by atoms with van der Waals surface area (Å²) in [5, 5.41) is 0. The third-order valence-electron chi connectivity index (χ3n) is 3.61. The fourth-order valence-electron chi connectivity index (χ4n) is 2.75. The number of Topliss-reactive ketones (excluding diaryl/α,β-unsaturated/α-hetero) is 1. The lowest BCUT2D eigenvalue weighted by Crippen LogP contribution is -2.49. The summed E-state index contributed by atoms with van der Waals surface area (Å²) in [4.78, 5) is 27.8. The van der Waals surface area contributed by atoms with E-state index < -0.39 is 11.4 Å². The van der Waals surface area contributed by atoms with Gasteiger partial charge in [-0.2, -0.15) is 0 Å². The quantitative estimate of drug-likeness (QED) is 0.780. The second-order valence-electron chi connectivity index (χ2n) is 4.56. The number of allylic oxidation sites excluding steroid dienone is 2. The number of carbonyl (C=O) groups excluding carboxylic acids is 2. The molecule has 0 saturated heterocycles. The first kappa shape index (κ1) is 13.5. The molecule has 0 bridgehead atoms. The Bertz CT molecular complexity index is 548. The van der Waals surface area contributed by atoms with Gasteiger partial charge in [-0.15, -0.1) is 0 Å². The first-order valence-electron chi connectivity index (χ1n) is 6.46. The van der Waals surface area contributed by atoms with Gasteiger partial charge in [0.1, 0.15) is 5.41 Å². The van der Waals surface area contributed by atoms with Gasteiger partial charge in [0.15, 0.2) is 5.76 Å². The van der Waals surface area contributed by atoms with E-state index in [4.69, 9.17) is 4.74 Å². The predicted molar refractivity (Wildman–Crippen MR) is 70.3 cm³/mol. The predicted octanol–water partition coefficient (Wildman–Crippen LogP) is 2.54. The molecule has 0 saturated carbocycles. The molecule has 0 fully saturated rings. The summed E-state index contributed by atoms with van der Waals surface area (Å²) in [6, 6.07) is 5.53. The molecule has 1 aliphatic carbocycles. The second-order valence-corrected chi connectivity index (χ2v) is 4.56. The summed E-state index contributed by atoms with van der Waals surface area (Å²) in [7, 11) is 0. The molecule has 1 aromatic heterocycles. The third-order valence-corrected chi connectivity index (χ3v) is 3.61. The summed E-state index contributed by atoms with van der Waals surface area (Å²) in [6.07, 6.45) is 2.96. The van der Waals surface area contributed by atoms with Gasteiger partial charge >= 0.3 is 5.97 Å². The van der Waals surface area contributed by atoms with Crippen LogP contribution in [0.2, 0.25) is 0 Å². The zero-order valence-corrected chi connectivity index (χ0v) is 11.4. The van der Waals surface area contributed by atoms with Crippen molar-refractivity contribution in [1.82, 2.24) is 4.98 Å². The normalized spacial score (nSPS) is 22.2. The number of hydrogen-bond donors (Lipinski definition) is 0. The summed E-state index contributed by atoms with van der Waals surface area (Å²) in [6.45, 7) is 5.21. The summed E-state index contributed by atoms with van der Waals surface area (Å²) in [5.41, 5.74) is 0.894. The summed E-state index contributed by atoms with van der Waals surface area (Å²) >= 11 is 0. The van der Waals surface area contributed by atoms with Gasteiger partial charge in [-0.05, 0) is 30.5 Å². The maximum Gasteiger partial charge on any atom is 0.308 e. The molecule has 1 heterocycles. The van der Waals surface area contributed by atoms with Crippen molar-refractivity contribution in [2.45, 2.75) is 39.0 Å². The Kier molecular flexibility index (Phi) is 3.51. The van der Waals surface area contributed by atoms with Crippen LogP contribution in [-0.4, -0.2) is 16.7 Å². The molecule has 2 rings (SSSR count). The van der Waals surface area contributed by atoms with Crippen LogP contribution in [0.25, 0.3) is 0 Å². The zero-order valence-electron chi connectivity index (χ0n) is 11.4. The van der Waals surface area contributed by atoms with Crippen LogP contribution in [0.1, 0.15) is 39.3 Å². The lowest BCUT2D eigenvalue weighted by molar-refractivity contribution is -0.143. The first-order valence-corrected chi connectivity index (χ1v) is 6.46. The van der Waals surface area contributed by atoms with Crippen LogP contribution < -0.4 is 0 Å². The molecule has 1 aliphatic rings. The Labute approximate surface area is 112 Å². The van der Waals surface area contributed by atoms with Crippen LogP contribution in [0.15, 0.2) is 35.7 Å². The smallest absolute Gasteiger partial charge is 0.308 e. The SMILES string of the molecule is CCC1=C(OC(C)=O)C(=O)C1(CC)c1ccccn1. The number of esters is 1. The van der Waals surface area contributed by atoms with Crippen LogP contribution >= 0.6 is 0 Å². The number of carbonyl (C=O) groups is 2. The highest BCUT2D eigenvalue weighted by Gasteiger charge is 2.55. The van der Waals surface area contributed by atoms with Gasteiger partial charge in [-0.1, -0.05) is 19.9 Å². The number of rotatable bonds is 4. The van der Waals surface area contributed by atoms with E-state index in [2.05, 4.69) is 4.98 Å². The lowest BCUT2D eigenvalue weighted by atomic mass is 9.61. The molecule has 1 aromatic rings. The van der Waals surface area contributed by atoms with Gasteiger partial charge in [-0.3, -0.25) is 14.6 Å². The van der Waals surface area contributed by atoms with Gasteiger partial charge in [0, 0.05) is 13.1 Å². The third kappa shape index (κ3) is 1.87. The van der Waals surface area contributed by atoms with Crippen molar-refractivity contribution in [3.63, 3.8) is 0 Å². The van der Waals surface area contributed by atoms with Gasteiger partial charge in [0.2, 0.25) is 5.78 Å². The number of aromatic nitrogens is 1. The molecule has 0 N–H and O–H groups in total. The van der Waals surface area contributed by atoms with Crippen molar-refractivity contribution in [2.24, 2.45) is 0 Å². The Hall–Kier alpha value is -1.97. The fraction of sp³-hybridized carbons (Fsp3) is 0.400. The fourth-order valence-corrected chi connectivity index (χ4v) is 2.75. The highest BCUT2D eigenvalue weighted by Crippen LogP contribution is 2.49. The van der Waals surface area contributed by atoms with Crippen molar-refractivity contribution in [1.29, 1.82) is 0 Å². The zero-order chi connectivity index (χ0) is 14.0. The molecular formula is C15H17NO3. The first-order chi connectivity index (χ1) is 9.07. The molecular weight excluding hydrogens is 242 g/mol. The van der Waals surface area contributed by atoms with E-state index in [0.717, 1.165) is 11.3 Å². The highest BCUT2D eigenvalue weighted by atomic mass is 16.5. The van der Waals surface area contributed by atoms with Crippen LogP contribution in [0.5, 0.6) is 0 Å².